The Balaban J connectivity index is 2.81. The second-order valence-electron chi connectivity index (χ2n) is 4.56. The van der Waals surface area contributed by atoms with Crippen LogP contribution in [0.5, 0.6) is 5.75 Å². The third kappa shape index (κ3) is 3.72. The fourth-order valence-electron chi connectivity index (χ4n) is 2.25. The van der Waals surface area contributed by atoms with Gasteiger partial charge in [0.15, 0.2) is 0 Å². The van der Waals surface area contributed by atoms with Crippen LogP contribution in [-0.2, 0) is 6.42 Å². The molecule has 0 aromatic heterocycles. The fourth-order valence-corrected chi connectivity index (χ4v) is 2.25. The predicted molar refractivity (Wildman–Crippen MR) is 72.2 cm³/mol. The van der Waals surface area contributed by atoms with Gasteiger partial charge in [-0.3, -0.25) is 4.90 Å². The van der Waals surface area contributed by atoms with Crippen LogP contribution in [-0.4, -0.2) is 30.8 Å². The van der Waals surface area contributed by atoms with Gasteiger partial charge in [0.1, 0.15) is 5.75 Å². The maximum Gasteiger partial charge on any atom is 0.119 e. The van der Waals surface area contributed by atoms with Crippen molar-refractivity contribution in [3.63, 3.8) is 0 Å². The van der Waals surface area contributed by atoms with Crippen LogP contribution < -0.4 is 10.5 Å². The second-order valence-corrected chi connectivity index (χ2v) is 4.56. The maximum absolute atomic E-state index is 6.39. The van der Waals surface area contributed by atoms with E-state index in [4.69, 9.17) is 10.5 Å². The van der Waals surface area contributed by atoms with Gasteiger partial charge in [-0.2, -0.15) is 0 Å². The van der Waals surface area contributed by atoms with Crippen LogP contribution >= 0.6 is 0 Å². The average Bonchev–Trinajstić information content (AvgIpc) is 2.29. The van der Waals surface area contributed by atoms with E-state index in [0.717, 1.165) is 25.3 Å². The number of rotatable bonds is 6. The highest BCUT2D eigenvalue weighted by atomic mass is 16.5. The smallest absolute Gasteiger partial charge is 0.119 e. The quantitative estimate of drug-likeness (QED) is 0.770. The van der Waals surface area contributed by atoms with Gasteiger partial charge in [-0.25, -0.2) is 0 Å². The van der Waals surface area contributed by atoms with Crippen LogP contribution in [0.1, 0.15) is 26.3 Å². The van der Waals surface area contributed by atoms with Gasteiger partial charge in [-0.1, -0.05) is 26.0 Å². The standard InChI is InChI=1S/C14H24N2O/c1-5-16(6-2)14(3,15)11-12-8-7-9-13(10-12)17-4/h7-10H,5-6,11,15H2,1-4H3. The van der Waals surface area contributed by atoms with Gasteiger partial charge in [0, 0.05) is 6.42 Å². The zero-order chi connectivity index (χ0) is 12.9. The molecule has 17 heavy (non-hydrogen) atoms. The van der Waals surface area contributed by atoms with Gasteiger partial charge in [-0.15, -0.1) is 0 Å². The third-order valence-electron chi connectivity index (χ3n) is 3.18. The van der Waals surface area contributed by atoms with Gasteiger partial charge in [0.05, 0.1) is 12.8 Å². The Morgan fingerprint density at radius 2 is 1.94 bits per heavy atom. The summed E-state index contributed by atoms with van der Waals surface area (Å²) in [6.45, 7) is 8.29. The van der Waals surface area contributed by atoms with Gasteiger partial charge < -0.3 is 10.5 Å². The summed E-state index contributed by atoms with van der Waals surface area (Å²) in [5, 5.41) is 0. The highest BCUT2D eigenvalue weighted by Crippen LogP contribution is 2.19. The lowest BCUT2D eigenvalue weighted by Gasteiger charge is -2.37. The first-order chi connectivity index (χ1) is 8.03. The molecule has 1 atom stereocenters. The molecule has 1 unspecified atom stereocenters. The van der Waals surface area contributed by atoms with Gasteiger partial charge in [0.2, 0.25) is 0 Å². The van der Waals surface area contributed by atoms with E-state index in [1.807, 2.05) is 12.1 Å². The summed E-state index contributed by atoms with van der Waals surface area (Å²) >= 11 is 0. The molecule has 0 fully saturated rings. The molecule has 96 valence electrons. The first kappa shape index (κ1) is 14.0. The highest BCUT2D eigenvalue weighted by Gasteiger charge is 2.25. The zero-order valence-electron chi connectivity index (χ0n) is 11.4. The topological polar surface area (TPSA) is 38.5 Å². The van der Waals surface area contributed by atoms with Crippen molar-refractivity contribution in [1.29, 1.82) is 0 Å². The van der Waals surface area contributed by atoms with Gasteiger partial charge in [-0.05, 0) is 37.7 Å². The van der Waals surface area contributed by atoms with E-state index in [1.165, 1.54) is 5.56 Å². The van der Waals surface area contributed by atoms with E-state index >= 15 is 0 Å². The molecule has 0 aliphatic heterocycles. The van der Waals surface area contributed by atoms with Crippen molar-refractivity contribution in [2.24, 2.45) is 5.73 Å². The van der Waals surface area contributed by atoms with Crippen molar-refractivity contribution in [1.82, 2.24) is 4.90 Å². The van der Waals surface area contributed by atoms with Crippen LogP contribution in [0, 0.1) is 0 Å². The van der Waals surface area contributed by atoms with E-state index < -0.39 is 0 Å². The van der Waals surface area contributed by atoms with Crippen LogP contribution in [0.4, 0.5) is 0 Å². The number of ether oxygens (including phenoxy) is 1. The monoisotopic (exact) mass is 236 g/mol. The SMILES string of the molecule is CCN(CC)C(C)(N)Cc1cccc(OC)c1. The third-order valence-corrected chi connectivity index (χ3v) is 3.18. The molecule has 0 saturated heterocycles. The van der Waals surface area contributed by atoms with Crippen LogP contribution in [0.25, 0.3) is 0 Å². The van der Waals surface area contributed by atoms with Crippen molar-refractivity contribution in [3.8, 4) is 5.75 Å². The Kier molecular flexibility index (Phi) is 4.97. The Bertz CT molecular complexity index is 346. The Morgan fingerprint density at radius 1 is 1.29 bits per heavy atom. The molecule has 0 bridgehead atoms. The number of methoxy groups -OCH3 is 1. The molecule has 0 aliphatic carbocycles. The summed E-state index contributed by atoms with van der Waals surface area (Å²) < 4.78 is 5.23. The molecule has 2 N–H and O–H groups in total. The number of likely N-dealkylation sites (N-methyl/N-ethyl adjacent to an activating group) is 1. The minimum Gasteiger partial charge on any atom is -0.497 e. The molecule has 0 radical (unpaired) electrons. The number of nitrogens with two attached hydrogens (primary N) is 1. The Morgan fingerprint density at radius 3 is 2.47 bits per heavy atom. The van der Waals surface area contributed by atoms with E-state index in [0.29, 0.717) is 0 Å². The maximum atomic E-state index is 6.39. The first-order valence-electron chi connectivity index (χ1n) is 6.20. The summed E-state index contributed by atoms with van der Waals surface area (Å²) in [5.74, 6) is 0.887. The zero-order valence-corrected chi connectivity index (χ0v) is 11.4. The average molecular weight is 236 g/mol. The summed E-state index contributed by atoms with van der Waals surface area (Å²) in [7, 11) is 1.69. The molecule has 0 heterocycles. The lowest BCUT2D eigenvalue weighted by Crippen LogP contribution is -2.55. The van der Waals surface area contributed by atoms with E-state index in [2.05, 4.69) is 37.8 Å². The first-order valence-corrected chi connectivity index (χ1v) is 6.20. The molecule has 0 spiro atoms. The van der Waals surface area contributed by atoms with Crippen LogP contribution in [0.15, 0.2) is 24.3 Å². The molecule has 0 saturated carbocycles. The van der Waals surface area contributed by atoms with Gasteiger partial charge >= 0.3 is 0 Å². The molecule has 1 aromatic rings. The molecular formula is C14H24N2O. The normalized spacial score (nSPS) is 14.7. The van der Waals surface area contributed by atoms with Crippen LogP contribution in [0.3, 0.4) is 0 Å². The minimum absolute atomic E-state index is 0.310. The Hall–Kier alpha value is -1.06. The number of hydrogen-bond acceptors (Lipinski definition) is 3. The lowest BCUT2D eigenvalue weighted by atomic mass is 10.00. The van der Waals surface area contributed by atoms with Crippen molar-refractivity contribution in [2.45, 2.75) is 32.9 Å². The Labute approximate surface area is 105 Å². The van der Waals surface area contributed by atoms with E-state index in [9.17, 15) is 0 Å². The molecule has 1 rings (SSSR count). The van der Waals surface area contributed by atoms with Crippen molar-refractivity contribution in [3.05, 3.63) is 29.8 Å². The highest BCUT2D eigenvalue weighted by molar-refractivity contribution is 5.29. The van der Waals surface area contributed by atoms with Crippen molar-refractivity contribution >= 4 is 0 Å². The van der Waals surface area contributed by atoms with E-state index in [1.54, 1.807) is 7.11 Å². The van der Waals surface area contributed by atoms with E-state index in [-0.39, 0.29) is 5.66 Å². The summed E-state index contributed by atoms with van der Waals surface area (Å²) in [6.07, 6.45) is 0.825. The summed E-state index contributed by atoms with van der Waals surface area (Å²) in [6, 6.07) is 8.10. The van der Waals surface area contributed by atoms with Gasteiger partial charge in [0.25, 0.3) is 0 Å². The largest absolute Gasteiger partial charge is 0.497 e. The molecule has 0 amide bonds. The summed E-state index contributed by atoms with van der Waals surface area (Å²) in [5.41, 5.74) is 7.29. The van der Waals surface area contributed by atoms with Crippen molar-refractivity contribution in [2.75, 3.05) is 20.2 Å². The minimum atomic E-state index is -0.310. The predicted octanol–water partition coefficient (Wildman–Crippen LogP) is 2.25. The fraction of sp³-hybridized carbons (Fsp3) is 0.571. The van der Waals surface area contributed by atoms with Crippen LogP contribution in [0.2, 0.25) is 0 Å². The number of benzene rings is 1. The van der Waals surface area contributed by atoms with Crippen molar-refractivity contribution < 1.29 is 4.74 Å². The number of nitrogens with zero attached hydrogens (tertiary/aromatic N) is 1. The lowest BCUT2D eigenvalue weighted by molar-refractivity contribution is 0.123. The molecule has 1 aromatic carbocycles. The second kappa shape index (κ2) is 6.03. The number of hydrogen-bond donors (Lipinski definition) is 1. The molecular weight excluding hydrogens is 212 g/mol. The summed E-state index contributed by atoms with van der Waals surface area (Å²) in [4.78, 5) is 2.27. The molecule has 0 aliphatic rings. The molecule has 3 nitrogen and oxygen atoms in total. The molecule has 3 heteroatoms.